The molecule has 39 heavy (non-hydrogen) atoms. The molecule has 1 aliphatic rings. The standard InChI is InChI=1S/C29H30I2N2O5S/c1-7-36-20-10-8-19(9-11-20)25-24(28(35)38-16(4)5)17(6)32-29-33(25)27(34)23(39-29)14-18-12-21(30)26(22(31)13-18)37-15(2)3/h8-16,25H,7H2,1-6H3/b23-14+/t25-/m0/s1. The number of ether oxygens (including phenoxy) is 3. The zero-order valence-electron chi connectivity index (χ0n) is 22.6. The summed E-state index contributed by atoms with van der Waals surface area (Å²) in [5.74, 6) is 1.07. The number of carbonyl (C=O) groups excluding carboxylic acids is 1. The Balaban J connectivity index is 1.88. The Labute approximate surface area is 258 Å². The predicted octanol–water partition coefficient (Wildman–Crippen LogP) is 5.58. The summed E-state index contributed by atoms with van der Waals surface area (Å²) in [6, 6.07) is 10.8. The lowest BCUT2D eigenvalue weighted by Gasteiger charge is -2.25. The number of thiazole rings is 1. The quantitative estimate of drug-likeness (QED) is 0.221. The number of rotatable bonds is 8. The monoisotopic (exact) mass is 772 g/mol. The van der Waals surface area contributed by atoms with Gasteiger partial charge in [0, 0.05) is 0 Å². The largest absolute Gasteiger partial charge is 0.494 e. The minimum Gasteiger partial charge on any atom is -0.494 e. The van der Waals surface area contributed by atoms with E-state index in [-0.39, 0.29) is 17.8 Å². The van der Waals surface area contributed by atoms with Crippen LogP contribution in [0.1, 0.15) is 58.7 Å². The molecular formula is C29H30I2N2O5S. The highest BCUT2D eigenvalue weighted by atomic mass is 127. The molecule has 2 aromatic carbocycles. The van der Waals surface area contributed by atoms with E-state index in [2.05, 4.69) is 50.2 Å². The second-order valence-corrected chi connectivity index (χ2v) is 12.9. The molecule has 0 N–H and O–H groups in total. The number of hydrogen-bond acceptors (Lipinski definition) is 7. The van der Waals surface area contributed by atoms with Gasteiger partial charge in [0.1, 0.15) is 11.5 Å². The third-order valence-corrected chi connectivity index (χ3v) is 8.35. The van der Waals surface area contributed by atoms with Crippen molar-refractivity contribution in [2.75, 3.05) is 6.61 Å². The van der Waals surface area contributed by atoms with Gasteiger partial charge in [-0.05, 0) is 128 Å². The number of nitrogens with zero attached hydrogens (tertiary/aromatic N) is 2. The summed E-state index contributed by atoms with van der Waals surface area (Å²) in [7, 11) is 0. The van der Waals surface area contributed by atoms with Crippen molar-refractivity contribution in [2.45, 2.75) is 59.8 Å². The van der Waals surface area contributed by atoms with Crippen LogP contribution in [-0.4, -0.2) is 29.4 Å². The van der Waals surface area contributed by atoms with Crippen LogP contribution in [0.2, 0.25) is 0 Å². The number of halogens is 2. The van der Waals surface area contributed by atoms with Gasteiger partial charge >= 0.3 is 5.97 Å². The van der Waals surface area contributed by atoms with Gasteiger partial charge in [0.25, 0.3) is 5.56 Å². The highest BCUT2D eigenvalue weighted by Crippen LogP contribution is 2.32. The summed E-state index contributed by atoms with van der Waals surface area (Å²) in [4.78, 5) is 32.4. The third kappa shape index (κ3) is 6.59. The van der Waals surface area contributed by atoms with E-state index in [4.69, 9.17) is 14.2 Å². The second-order valence-electron chi connectivity index (χ2n) is 9.52. The normalized spacial score (nSPS) is 15.4. The van der Waals surface area contributed by atoms with Gasteiger partial charge in [-0.2, -0.15) is 0 Å². The molecule has 10 heteroatoms. The number of esters is 1. The average molecular weight is 772 g/mol. The minimum atomic E-state index is -0.674. The first-order chi connectivity index (χ1) is 18.5. The van der Waals surface area contributed by atoms with E-state index in [9.17, 15) is 9.59 Å². The zero-order chi connectivity index (χ0) is 28.4. The number of aromatic nitrogens is 1. The molecule has 0 unspecified atom stereocenters. The van der Waals surface area contributed by atoms with Gasteiger partial charge in [-0.3, -0.25) is 9.36 Å². The zero-order valence-corrected chi connectivity index (χ0v) is 27.7. The van der Waals surface area contributed by atoms with Crippen LogP contribution in [0, 0.1) is 7.14 Å². The first-order valence-electron chi connectivity index (χ1n) is 12.6. The first-order valence-corrected chi connectivity index (χ1v) is 15.6. The molecule has 2 heterocycles. The Morgan fingerprint density at radius 2 is 1.74 bits per heavy atom. The van der Waals surface area contributed by atoms with Gasteiger partial charge in [-0.25, -0.2) is 9.79 Å². The van der Waals surface area contributed by atoms with E-state index < -0.39 is 12.0 Å². The van der Waals surface area contributed by atoms with Crippen molar-refractivity contribution < 1.29 is 19.0 Å². The van der Waals surface area contributed by atoms with E-state index >= 15 is 0 Å². The van der Waals surface area contributed by atoms with Crippen molar-refractivity contribution in [3.8, 4) is 11.5 Å². The molecule has 3 aromatic rings. The van der Waals surface area contributed by atoms with Crippen LogP contribution in [0.5, 0.6) is 11.5 Å². The number of fused-ring (bicyclic) bond motifs is 1. The maximum absolute atomic E-state index is 13.9. The molecule has 7 nitrogen and oxygen atoms in total. The minimum absolute atomic E-state index is 0.0593. The molecule has 0 fully saturated rings. The van der Waals surface area contributed by atoms with Crippen molar-refractivity contribution in [1.29, 1.82) is 0 Å². The lowest BCUT2D eigenvalue weighted by atomic mass is 9.96. The molecule has 0 radical (unpaired) electrons. The lowest BCUT2D eigenvalue weighted by molar-refractivity contribution is -0.143. The second kappa shape index (κ2) is 12.5. The molecular weight excluding hydrogens is 742 g/mol. The maximum atomic E-state index is 13.9. The summed E-state index contributed by atoms with van der Waals surface area (Å²) in [5, 5.41) is 0. The van der Waals surface area contributed by atoms with Crippen molar-refractivity contribution in [1.82, 2.24) is 4.57 Å². The maximum Gasteiger partial charge on any atom is 0.338 e. The average Bonchev–Trinajstić information content (AvgIpc) is 3.15. The Morgan fingerprint density at radius 1 is 1.10 bits per heavy atom. The summed E-state index contributed by atoms with van der Waals surface area (Å²) in [5.41, 5.74) is 2.33. The van der Waals surface area contributed by atoms with Crippen molar-refractivity contribution >= 4 is 68.6 Å². The SMILES string of the molecule is CCOc1ccc([C@H]2C(C(=O)OC(C)C)=C(C)N=c3s/c(=C/c4cc(I)c(OC(C)C)c(I)c4)c(=O)n32)cc1. The van der Waals surface area contributed by atoms with Crippen LogP contribution >= 0.6 is 56.5 Å². The van der Waals surface area contributed by atoms with Gasteiger partial charge in [-0.1, -0.05) is 23.5 Å². The Hall–Kier alpha value is -2.19. The van der Waals surface area contributed by atoms with Crippen molar-refractivity contribution in [2.24, 2.45) is 4.99 Å². The van der Waals surface area contributed by atoms with Crippen LogP contribution in [0.3, 0.4) is 0 Å². The summed E-state index contributed by atoms with van der Waals surface area (Å²) in [6.45, 7) is 11.8. The third-order valence-electron chi connectivity index (χ3n) is 5.76. The van der Waals surface area contributed by atoms with Crippen LogP contribution in [0.4, 0.5) is 0 Å². The highest BCUT2D eigenvalue weighted by Gasteiger charge is 2.33. The lowest BCUT2D eigenvalue weighted by Crippen LogP contribution is -2.40. The predicted molar refractivity (Wildman–Crippen MR) is 170 cm³/mol. The van der Waals surface area contributed by atoms with Crippen LogP contribution in [0.25, 0.3) is 6.08 Å². The molecule has 0 saturated carbocycles. The van der Waals surface area contributed by atoms with E-state index in [1.165, 1.54) is 11.3 Å². The van der Waals surface area contributed by atoms with Gasteiger partial charge in [0.05, 0.1) is 47.8 Å². The van der Waals surface area contributed by atoms with Crippen LogP contribution in [0.15, 0.2) is 57.5 Å². The molecule has 0 bridgehead atoms. The fraction of sp³-hybridized carbons (Fsp3) is 0.345. The van der Waals surface area contributed by atoms with E-state index in [0.29, 0.717) is 27.2 Å². The number of allylic oxidation sites excluding steroid dienone is 1. The van der Waals surface area contributed by atoms with Gasteiger partial charge in [-0.15, -0.1) is 0 Å². The highest BCUT2D eigenvalue weighted by molar-refractivity contribution is 14.1. The fourth-order valence-electron chi connectivity index (χ4n) is 4.25. The van der Waals surface area contributed by atoms with Crippen molar-refractivity contribution in [3.05, 3.63) is 85.6 Å². The van der Waals surface area contributed by atoms with E-state index in [1.807, 2.05) is 63.2 Å². The topological polar surface area (TPSA) is 79.1 Å². The molecule has 1 aliphatic heterocycles. The van der Waals surface area contributed by atoms with Gasteiger partial charge in [0.15, 0.2) is 4.80 Å². The molecule has 0 amide bonds. The molecule has 0 spiro atoms. The number of carbonyl (C=O) groups is 1. The molecule has 0 aliphatic carbocycles. The number of benzene rings is 2. The van der Waals surface area contributed by atoms with Gasteiger partial charge in [0.2, 0.25) is 0 Å². The molecule has 0 saturated heterocycles. The van der Waals surface area contributed by atoms with E-state index in [1.54, 1.807) is 25.3 Å². The van der Waals surface area contributed by atoms with Crippen LogP contribution < -0.4 is 24.4 Å². The van der Waals surface area contributed by atoms with Crippen LogP contribution in [-0.2, 0) is 9.53 Å². The Bertz CT molecular complexity index is 1580. The smallest absolute Gasteiger partial charge is 0.338 e. The van der Waals surface area contributed by atoms with Gasteiger partial charge < -0.3 is 14.2 Å². The molecule has 1 atom stereocenters. The molecule has 206 valence electrons. The number of hydrogen-bond donors (Lipinski definition) is 0. The Morgan fingerprint density at radius 3 is 2.31 bits per heavy atom. The molecule has 1 aromatic heterocycles. The first kappa shape index (κ1) is 29.8. The fourth-order valence-corrected chi connectivity index (χ4v) is 7.37. The van der Waals surface area contributed by atoms with Crippen molar-refractivity contribution in [3.63, 3.8) is 0 Å². The summed E-state index contributed by atoms with van der Waals surface area (Å²) < 4.78 is 21.2. The van der Waals surface area contributed by atoms with E-state index in [0.717, 1.165) is 29.8 Å². The summed E-state index contributed by atoms with van der Waals surface area (Å²) in [6.07, 6.45) is 1.62. The molecule has 4 rings (SSSR count). The Kier molecular flexibility index (Phi) is 9.58. The summed E-state index contributed by atoms with van der Waals surface area (Å²) >= 11 is 5.82.